The molecule has 0 saturated heterocycles. The third kappa shape index (κ3) is 5130. The molecule has 0 saturated carbocycles. The minimum Gasteiger partial charge on any atom is 0 e. The number of hydrogen-bond acceptors (Lipinski definition) is 12. The molecule has 31 heteroatoms. The molecular weight excluding hydrogens is 1280 g/mol. The van der Waals surface area contributed by atoms with Crippen LogP contribution in [-0.2, 0) is 59.6 Å². The Balaban J connectivity index is -0.0000000443. The van der Waals surface area contributed by atoms with Crippen LogP contribution in [-0.4, -0.2) is 136 Å². The van der Waals surface area contributed by atoms with Crippen molar-refractivity contribution in [1.29, 1.82) is 0 Å². The van der Waals surface area contributed by atoms with Crippen molar-refractivity contribution >= 4 is 115 Å². The summed E-state index contributed by atoms with van der Waals surface area (Å²) in [5.74, 6) is 0. The Kier molecular flexibility index (Phi) is 35.2. The van der Waals surface area contributed by atoms with Crippen molar-refractivity contribution in [3.63, 3.8) is 0 Å². The quantitative estimate of drug-likeness (QED) is 0.0983. The van der Waals surface area contributed by atoms with Crippen LogP contribution in [0.4, 0.5) is 17.4 Å². The topological polar surface area (TPSA) is 326 Å². The van der Waals surface area contributed by atoms with Gasteiger partial charge in [0.25, 0.3) is 0 Å². The van der Waals surface area contributed by atoms with E-state index in [1.165, 1.54) is 0 Å². The van der Waals surface area contributed by atoms with E-state index < -0.39 is 115 Å². The first-order chi connectivity index (χ1) is 12.0. The van der Waals surface area contributed by atoms with Gasteiger partial charge in [-0.1, -0.05) is 0 Å². The van der Waals surface area contributed by atoms with E-state index >= 15 is 0 Å². The Labute approximate surface area is 209 Å². The fraction of sp³-hybridized carbons (Fsp3) is 0. The van der Waals surface area contributed by atoms with Gasteiger partial charge >= 0.3 is 190 Å². The summed E-state index contributed by atoms with van der Waals surface area (Å²) in [6, 6.07) is 0. The number of hydrogen-bond donors (Lipinski definition) is 6. The summed E-state index contributed by atoms with van der Waals surface area (Å²) in [5, 5.41) is 0. The summed E-state index contributed by atoms with van der Waals surface area (Å²) in [7, 11) is 0. The Morgan fingerprint density at radius 3 is 0.290 bits per heavy atom. The zero-order chi connectivity index (χ0) is 27.0. The molecule has 0 atom stereocenters. The SMILES string of the molecule is O=[Te](=O)(O)F.O=[Te](=O)(O)F.O=[Te](=O)(O)F.O=[Te](=O)(O)F.O=[Te](=O)(O)F.O=[Te](=O)(O)F.[Ag]. The summed E-state index contributed by atoms with van der Waals surface area (Å²) >= 11 is -36.1. The fourth-order valence-corrected chi connectivity index (χ4v) is 0. The molecule has 1 radical (unpaired) electrons. The summed E-state index contributed by atoms with van der Waals surface area (Å²) in [6.45, 7) is 0. The molecule has 0 aliphatic rings. The van der Waals surface area contributed by atoms with E-state index in [4.69, 9.17) is 58.1 Å². The van der Waals surface area contributed by atoms with Crippen molar-refractivity contribution in [2.24, 2.45) is 0 Å². The van der Waals surface area contributed by atoms with Crippen LogP contribution in [0.15, 0.2) is 0 Å². The van der Waals surface area contributed by atoms with E-state index in [1.807, 2.05) is 0 Å². The Hall–Kier alpha value is 2.42. The predicted molar refractivity (Wildman–Crippen MR) is 62.7 cm³/mol. The maximum absolute atomic E-state index is 10.3. The van der Waals surface area contributed by atoms with Crippen molar-refractivity contribution < 1.29 is 97.8 Å². The molecule has 0 aromatic rings. The summed E-state index contributed by atoms with van der Waals surface area (Å²) in [6.07, 6.45) is 0. The maximum atomic E-state index is 10.3. The van der Waals surface area contributed by atoms with Crippen molar-refractivity contribution in [3.05, 3.63) is 0 Å². The molecule has 0 aromatic heterocycles. The van der Waals surface area contributed by atoms with Gasteiger partial charge in [0, 0.05) is 22.4 Å². The maximum Gasteiger partial charge on any atom is 0 e. The van der Waals surface area contributed by atoms with Crippen LogP contribution in [0.5, 0.6) is 0 Å². The Morgan fingerprint density at radius 2 is 0.290 bits per heavy atom. The monoisotopic (exact) mass is 1290 g/mol. The van der Waals surface area contributed by atoms with Gasteiger partial charge in [0.15, 0.2) is 0 Å². The van der Waals surface area contributed by atoms with Gasteiger partial charge in [-0.05, 0) is 0 Å². The third-order valence-corrected chi connectivity index (χ3v) is 0. The molecule has 0 fully saturated rings. The first-order valence-electron chi connectivity index (χ1n) is 4.02. The average Bonchev–Trinajstić information content (AvgIpc) is 1.94. The largest absolute Gasteiger partial charge is 0 e. The van der Waals surface area contributed by atoms with Crippen LogP contribution >= 0.6 is 0 Å². The molecule has 6 N–H and O–H groups in total. The zero-order valence-electron chi connectivity index (χ0n) is 12.6. The third-order valence-electron chi connectivity index (χ3n) is 0. The van der Waals surface area contributed by atoms with E-state index in [-0.39, 0.29) is 22.4 Å². The fourth-order valence-electron chi connectivity index (χ4n) is 0. The van der Waals surface area contributed by atoms with Crippen molar-refractivity contribution in [2.75, 3.05) is 0 Å². The molecule has 0 bridgehead atoms. The molecule has 0 amide bonds. The van der Waals surface area contributed by atoms with E-state index in [0.29, 0.717) is 0 Å². The van der Waals surface area contributed by atoms with Gasteiger partial charge in [-0.3, -0.25) is 0 Å². The summed E-state index contributed by atoms with van der Waals surface area (Å²) in [4.78, 5) is 0. The standard InChI is InChI=1S/Ag.6FHO3Te/c;6*1-5(2,3)4/h;6*(H,2,3,4). The molecule has 31 heavy (non-hydrogen) atoms. The van der Waals surface area contributed by atoms with Crippen molar-refractivity contribution in [3.8, 4) is 0 Å². The van der Waals surface area contributed by atoms with Gasteiger partial charge in [-0.25, -0.2) is 0 Å². The molecule has 0 aliphatic heterocycles. The molecule has 0 aromatic carbocycles. The van der Waals surface area contributed by atoms with Gasteiger partial charge in [-0.15, -0.1) is 0 Å². The molecule has 0 rings (SSSR count). The smallest absolute Gasteiger partial charge is 0 e. The Bertz CT molecular complexity index is 779. The predicted octanol–water partition coefficient (Wildman–Crippen LogP) is -4.53. The second kappa shape index (κ2) is 21.7. The van der Waals surface area contributed by atoms with Crippen LogP contribution < -0.4 is 0 Å². The van der Waals surface area contributed by atoms with Crippen LogP contribution in [0.2, 0.25) is 0 Å². The summed E-state index contributed by atoms with van der Waals surface area (Å²) < 4.78 is 207. The molecule has 18 nitrogen and oxygen atoms in total. The van der Waals surface area contributed by atoms with Crippen LogP contribution in [0.3, 0.4) is 0 Å². The molecule has 0 heterocycles. The van der Waals surface area contributed by atoms with Crippen molar-refractivity contribution in [1.82, 2.24) is 0 Å². The molecule has 203 valence electrons. The average molecular weight is 1280 g/mol. The number of rotatable bonds is 0. The minimum absolute atomic E-state index is 0. The molecule has 0 aliphatic carbocycles. The van der Waals surface area contributed by atoms with Crippen LogP contribution in [0.1, 0.15) is 0 Å². The normalized spacial score (nSPS) is 11.2. The first kappa shape index (κ1) is 50.3. The Morgan fingerprint density at radius 1 is 0.290 bits per heavy atom. The first-order valence-corrected chi connectivity index (χ1v) is 27.0. The summed E-state index contributed by atoms with van der Waals surface area (Å²) in [5.41, 5.74) is 0. The van der Waals surface area contributed by atoms with E-state index in [2.05, 4.69) is 0 Å². The van der Waals surface area contributed by atoms with Crippen LogP contribution in [0, 0.1) is 0 Å². The van der Waals surface area contributed by atoms with Crippen LogP contribution in [0.25, 0.3) is 0 Å². The number of halogens is 6. The van der Waals surface area contributed by atoms with Crippen molar-refractivity contribution in [2.45, 2.75) is 0 Å². The molecule has 0 spiro atoms. The second-order valence-electron chi connectivity index (χ2n) is 2.47. The van der Waals surface area contributed by atoms with E-state index in [0.717, 1.165) is 0 Å². The van der Waals surface area contributed by atoms with E-state index in [1.54, 1.807) is 0 Å². The minimum atomic E-state index is -6.02. The van der Waals surface area contributed by atoms with Gasteiger partial charge in [0.2, 0.25) is 0 Å². The van der Waals surface area contributed by atoms with Gasteiger partial charge in [0.05, 0.1) is 0 Å². The molecule has 0 unspecified atom stereocenters. The zero-order valence-corrected chi connectivity index (χ0v) is 28.1. The van der Waals surface area contributed by atoms with E-state index in [9.17, 15) is 17.4 Å². The molecular formula is H6AgF6O18Te6. The second-order valence-corrected chi connectivity index (χ2v) is 16.6. The van der Waals surface area contributed by atoms with Gasteiger partial charge in [0.1, 0.15) is 0 Å². The van der Waals surface area contributed by atoms with Gasteiger partial charge in [-0.2, -0.15) is 0 Å². The van der Waals surface area contributed by atoms with Gasteiger partial charge < -0.3 is 0 Å².